The van der Waals surface area contributed by atoms with Gasteiger partial charge in [0.1, 0.15) is 0 Å². The Labute approximate surface area is 134 Å². The van der Waals surface area contributed by atoms with Crippen LogP contribution in [0.2, 0.25) is 0 Å². The highest BCUT2D eigenvalue weighted by molar-refractivity contribution is 5.75. The van der Waals surface area contributed by atoms with E-state index in [2.05, 4.69) is 10.6 Å². The van der Waals surface area contributed by atoms with Crippen LogP contribution in [0.4, 0.5) is 13.6 Å². The SMILES string of the molecule is CC(NC(=O)NC1CC1c1cccc(F)c1F)C1CCOCC1. The molecule has 0 bridgehead atoms. The van der Waals surface area contributed by atoms with Crippen LogP contribution in [0.5, 0.6) is 0 Å². The molecule has 2 amide bonds. The summed E-state index contributed by atoms with van der Waals surface area (Å²) in [5.41, 5.74) is 0.341. The number of nitrogens with one attached hydrogen (secondary N) is 2. The van der Waals surface area contributed by atoms with E-state index in [0.717, 1.165) is 32.1 Å². The number of hydrogen-bond acceptors (Lipinski definition) is 2. The third-order valence-corrected chi connectivity index (χ3v) is 4.82. The number of benzene rings is 1. The first kappa shape index (κ1) is 16.2. The highest BCUT2D eigenvalue weighted by Crippen LogP contribution is 2.42. The van der Waals surface area contributed by atoms with Gasteiger partial charge in [-0.1, -0.05) is 12.1 Å². The fourth-order valence-electron chi connectivity index (χ4n) is 3.26. The Hall–Kier alpha value is -1.69. The molecule has 0 aromatic heterocycles. The van der Waals surface area contributed by atoms with E-state index in [1.54, 1.807) is 6.07 Å². The lowest BCUT2D eigenvalue weighted by Crippen LogP contribution is -2.46. The van der Waals surface area contributed by atoms with Gasteiger partial charge in [-0.05, 0) is 43.7 Å². The molecule has 1 aliphatic heterocycles. The van der Waals surface area contributed by atoms with E-state index in [9.17, 15) is 13.6 Å². The molecule has 0 spiro atoms. The molecule has 1 aromatic rings. The Balaban J connectivity index is 1.49. The van der Waals surface area contributed by atoms with E-state index < -0.39 is 11.6 Å². The van der Waals surface area contributed by atoms with Crippen molar-refractivity contribution in [1.29, 1.82) is 0 Å². The molecule has 1 aromatic carbocycles. The third kappa shape index (κ3) is 3.80. The molecule has 3 unspecified atom stereocenters. The second-order valence-electron chi connectivity index (χ2n) is 6.45. The van der Waals surface area contributed by atoms with E-state index in [1.807, 2.05) is 6.92 Å². The molecule has 2 fully saturated rings. The van der Waals surface area contributed by atoms with Crippen molar-refractivity contribution in [2.45, 2.75) is 44.2 Å². The van der Waals surface area contributed by atoms with Crippen molar-refractivity contribution >= 4 is 6.03 Å². The zero-order valence-electron chi connectivity index (χ0n) is 13.1. The summed E-state index contributed by atoms with van der Waals surface area (Å²) in [6.45, 7) is 3.47. The first-order valence-electron chi connectivity index (χ1n) is 8.15. The van der Waals surface area contributed by atoms with Gasteiger partial charge in [0.05, 0.1) is 0 Å². The number of urea groups is 1. The van der Waals surface area contributed by atoms with Gasteiger partial charge in [-0.15, -0.1) is 0 Å². The Morgan fingerprint density at radius 3 is 2.78 bits per heavy atom. The van der Waals surface area contributed by atoms with Crippen LogP contribution < -0.4 is 10.6 Å². The molecular weight excluding hydrogens is 302 g/mol. The molecule has 4 nitrogen and oxygen atoms in total. The molecular formula is C17H22F2N2O2. The Bertz CT molecular complexity index is 576. The minimum Gasteiger partial charge on any atom is -0.381 e. The Kier molecular flexibility index (Phi) is 4.80. The van der Waals surface area contributed by atoms with Gasteiger partial charge in [0.2, 0.25) is 0 Å². The largest absolute Gasteiger partial charge is 0.381 e. The monoisotopic (exact) mass is 324 g/mol. The summed E-state index contributed by atoms with van der Waals surface area (Å²) < 4.78 is 32.3. The number of hydrogen-bond donors (Lipinski definition) is 2. The summed E-state index contributed by atoms with van der Waals surface area (Å²) in [7, 11) is 0. The van der Waals surface area contributed by atoms with Crippen molar-refractivity contribution in [3.05, 3.63) is 35.4 Å². The maximum Gasteiger partial charge on any atom is 0.315 e. The van der Waals surface area contributed by atoms with E-state index in [-0.39, 0.29) is 24.0 Å². The van der Waals surface area contributed by atoms with Crippen molar-refractivity contribution in [2.24, 2.45) is 5.92 Å². The first-order valence-corrected chi connectivity index (χ1v) is 8.15. The highest BCUT2D eigenvalue weighted by Gasteiger charge is 2.41. The first-order chi connectivity index (χ1) is 11.1. The van der Waals surface area contributed by atoms with Crippen LogP contribution in [-0.4, -0.2) is 31.3 Å². The zero-order chi connectivity index (χ0) is 16.4. The summed E-state index contributed by atoms with van der Waals surface area (Å²) in [5.74, 6) is -1.37. The van der Waals surface area contributed by atoms with Crippen molar-refractivity contribution < 1.29 is 18.3 Å². The van der Waals surface area contributed by atoms with E-state index in [4.69, 9.17) is 4.74 Å². The third-order valence-electron chi connectivity index (χ3n) is 4.82. The number of carbonyl (C=O) groups is 1. The van der Waals surface area contributed by atoms with E-state index >= 15 is 0 Å². The lowest BCUT2D eigenvalue weighted by atomic mass is 9.93. The summed E-state index contributed by atoms with van der Waals surface area (Å²) in [5, 5.41) is 5.79. The topological polar surface area (TPSA) is 50.4 Å². The summed E-state index contributed by atoms with van der Waals surface area (Å²) in [6, 6.07) is 3.87. The van der Waals surface area contributed by atoms with Crippen LogP contribution in [0.15, 0.2) is 18.2 Å². The smallest absolute Gasteiger partial charge is 0.315 e. The minimum absolute atomic E-state index is 0.0713. The molecule has 6 heteroatoms. The van der Waals surface area contributed by atoms with Gasteiger partial charge in [-0.2, -0.15) is 0 Å². The second kappa shape index (κ2) is 6.83. The van der Waals surface area contributed by atoms with Gasteiger partial charge in [0.25, 0.3) is 0 Å². The van der Waals surface area contributed by atoms with Crippen molar-refractivity contribution in [3.63, 3.8) is 0 Å². The number of rotatable bonds is 4. The average molecular weight is 324 g/mol. The molecule has 126 valence electrons. The lowest BCUT2D eigenvalue weighted by Gasteiger charge is -2.28. The average Bonchev–Trinajstić information content (AvgIpc) is 3.29. The molecule has 1 heterocycles. The van der Waals surface area contributed by atoms with Crippen molar-refractivity contribution in [1.82, 2.24) is 10.6 Å². The van der Waals surface area contributed by atoms with Gasteiger partial charge in [0, 0.05) is 31.2 Å². The Morgan fingerprint density at radius 2 is 2.04 bits per heavy atom. The van der Waals surface area contributed by atoms with Gasteiger partial charge in [0.15, 0.2) is 11.6 Å². The predicted octanol–water partition coefficient (Wildman–Crippen LogP) is 2.94. The fraction of sp³-hybridized carbons (Fsp3) is 0.588. The Morgan fingerprint density at radius 1 is 1.30 bits per heavy atom. The van der Waals surface area contributed by atoms with Crippen LogP contribution in [0, 0.1) is 17.6 Å². The summed E-state index contributed by atoms with van der Waals surface area (Å²) in [6.07, 6.45) is 2.53. The van der Waals surface area contributed by atoms with E-state index in [0.29, 0.717) is 17.9 Å². The molecule has 2 aliphatic rings. The number of carbonyl (C=O) groups excluding carboxylic acids is 1. The molecule has 3 rings (SSSR count). The van der Waals surface area contributed by atoms with Crippen LogP contribution in [-0.2, 0) is 4.74 Å². The number of ether oxygens (including phenoxy) is 1. The maximum absolute atomic E-state index is 13.7. The molecule has 1 saturated carbocycles. The molecule has 3 atom stereocenters. The van der Waals surface area contributed by atoms with Crippen LogP contribution in [0.3, 0.4) is 0 Å². The normalized spacial score (nSPS) is 25.7. The summed E-state index contributed by atoms with van der Waals surface area (Å²) >= 11 is 0. The molecule has 1 aliphatic carbocycles. The number of amides is 2. The maximum atomic E-state index is 13.7. The minimum atomic E-state index is -0.842. The van der Waals surface area contributed by atoms with Crippen molar-refractivity contribution in [2.75, 3.05) is 13.2 Å². The quantitative estimate of drug-likeness (QED) is 0.895. The van der Waals surface area contributed by atoms with Gasteiger partial charge in [-0.3, -0.25) is 0 Å². The lowest BCUT2D eigenvalue weighted by molar-refractivity contribution is 0.0571. The van der Waals surface area contributed by atoms with Crippen LogP contribution in [0.25, 0.3) is 0 Å². The van der Waals surface area contributed by atoms with Gasteiger partial charge >= 0.3 is 6.03 Å². The van der Waals surface area contributed by atoms with Gasteiger partial charge in [-0.25, -0.2) is 13.6 Å². The number of halogens is 2. The second-order valence-corrected chi connectivity index (χ2v) is 6.45. The molecule has 23 heavy (non-hydrogen) atoms. The molecule has 2 N–H and O–H groups in total. The molecule has 0 radical (unpaired) electrons. The molecule has 1 saturated heterocycles. The highest BCUT2D eigenvalue weighted by atomic mass is 19.2. The van der Waals surface area contributed by atoms with E-state index in [1.165, 1.54) is 6.07 Å². The van der Waals surface area contributed by atoms with Crippen LogP contribution in [0.1, 0.15) is 37.7 Å². The predicted molar refractivity (Wildman–Crippen MR) is 82.2 cm³/mol. The van der Waals surface area contributed by atoms with Gasteiger partial charge < -0.3 is 15.4 Å². The fourth-order valence-corrected chi connectivity index (χ4v) is 3.26. The van der Waals surface area contributed by atoms with Crippen LogP contribution >= 0.6 is 0 Å². The summed E-state index contributed by atoms with van der Waals surface area (Å²) in [4.78, 5) is 12.1. The standard InChI is InChI=1S/C17H22F2N2O2/c1-10(11-5-7-23-8-6-11)20-17(22)21-15-9-13(15)12-3-2-4-14(18)16(12)19/h2-4,10-11,13,15H,5-9H2,1H3,(H2,20,21,22). The zero-order valence-corrected chi connectivity index (χ0v) is 13.1. The van der Waals surface area contributed by atoms with Crippen molar-refractivity contribution in [3.8, 4) is 0 Å².